The summed E-state index contributed by atoms with van der Waals surface area (Å²) in [4.78, 5) is 13.4. The summed E-state index contributed by atoms with van der Waals surface area (Å²) in [5.74, 6) is 1.04. The third kappa shape index (κ3) is 4.17. The molecule has 4 rings (SSSR count). The summed E-state index contributed by atoms with van der Waals surface area (Å²) in [6.45, 7) is 6.50. The molecule has 6 nitrogen and oxygen atoms in total. The number of hydrogen-bond acceptors (Lipinski definition) is 6. The van der Waals surface area contributed by atoms with Crippen molar-refractivity contribution in [3.05, 3.63) is 52.2 Å². The highest BCUT2D eigenvalue weighted by Gasteiger charge is 2.34. The number of aliphatic hydroxyl groups excluding tert-OH is 1. The van der Waals surface area contributed by atoms with E-state index in [1.807, 2.05) is 4.90 Å². The van der Waals surface area contributed by atoms with Crippen molar-refractivity contribution in [1.29, 1.82) is 0 Å². The number of benzene rings is 1. The molecule has 8 heteroatoms. The summed E-state index contributed by atoms with van der Waals surface area (Å²) in [5.41, 5.74) is 9.44. The Kier molecular flexibility index (Phi) is 6.25. The molecule has 4 atom stereocenters. The molecule has 30 heavy (non-hydrogen) atoms. The number of piperazine rings is 1. The van der Waals surface area contributed by atoms with Crippen molar-refractivity contribution in [3.63, 3.8) is 0 Å². The van der Waals surface area contributed by atoms with E-state index >= 15 is 0 Å². The van der Waals surface area contributed by atoms with Crippen molar-refractivity contribution < 1.29 is 9.50 Å². The van der Waals surface area contributed by atoms with Crippen molar-refractivity contribution >= 4 is 17.4 Å². The lowest BCUT2D eigenvalue weighted by Gasteiger charge is -2.44. The largest absolute Gasteiger partial charge is 0.377 e. The molecule has 1 saturated heterocycles. The van der Waals surface area contributed by atoms with Gasteiger partial charge in [0.25, 0.3) is 0 Å². The van der Waals surface area contributed by atoms with Gasteiger partial charge in [0, 0.05) is 43.0 Å². The number of fused-ring (bicyclic) bond motifs is 1. The van der Waals surface area contributed by atoms with Gasteiger partial charge in [-0.15, -0.1) is 0 Å². The average molecular weight is 434 g/mol. The van der Waals surface area contributed by atoms with Gasteiger partial charge in [0.2, 0.25) is 0 Å². The molecule has 0 amide bonds. The first-order chi connectivity index (χ1) is 14.3. The number of hydrogen-bond donors (Lipinski definition) is 2. The molecule has 1 aromatic carbocycles. The number of halogens is 2. The summed E-state index contributed by atoms with van der Waals surface area (Å²) in [6.07, 6.45) is 3.37. The molecule has 162 valence electrons. The molecule has 2 heterocycles. The Hall–Kier alpha value is -1.80. The predicted octanol–water partition coefficient (Wildman–Crippen LogP) is 2.72. The smallest absolute Gasteiger partial charge is 0.142 e. The average Bonchev–Trinajstić information content (AvgIpc) is 3.11. The number of aryl methyl sites for hydroxylation is 1. The van der Waals surface area contributed by atoms with Gasteiger partial charge in [-0.2, -0.15) is 0 Å². The molecule has 0 saturated carbocycles. The first kappa shape index (κ1) is 21.4. The van der Waals surface area contributed by atoms with E-state index in [-0.39, 0.29) is 11.1 Å². The molecule has 0 spiro atoms. The van der Waals surface area contributed by atoms with Crippen LogP contribution in [0.3, 0.4) is 0 Å². The number of nitrogens with zero attached hydrogens (tertiary/aromatic N) is 4. The fourth-order valence-corrected chi connectivity index (χ4v) is 4.83. The van der Waals surface area contributed by atoms with E-state index in [1.165, 1.54) is 23.4 Å². The van der Waals surface area contributed by atoms with Crippen LogP contribution in [0, 0.1) is 5.82 Å². The van der Waals surface area contributed by atoms with Crippen LogP contribution >= 0.6 is 11.6 Å². The van der Waals surface area contributed by atoms with E-state index in [2.05, 4.69) is 28.7 Å². The lowest BCUT2D eigenvalue weighted by molar-refractivity contribution is -0.0241. The van der Waals surface area contributed by atoms with Crippen molar-refractivity contribution in [2.45, 2.75) is 57.3 Å². The minimum absolute atomic E-state index is 0.0864. The summed E-state index contributed by atoms with van der Waals surface area (Å²) in [5, 5.41) is 10.9. The normalized spacial score (nSPS) is 24.0. The highest BCUT2D eigenvalue weighted by atomic mass is 35.5. The molecular weight excluding hydrogens is 405 g/mol. The van der Waals surface area contributed by atoms with Crippen molar-refractivity contribution in [3.8, 4) is 0 Å². The van der Waals surface area contributed by atoms with Gasteiger partial charge in [0.05, 0.1) is 5.02 Å². The second-order valence-electron chi connectivity index (χ2n) is 8.56. The van der Waals surface area contributed by atoms with Crippen molar-refractivity contribution in [1.82, 2.24) is 14.9 Å². The maximum Gasteiger partial charge on any atom is 0.142 e. The SMILES string of the molecule is C[C@@H]1CCc2ncnc(N3CCN(C(O)[C@H](N)Cc4ccc(Cl)c(F)c4)C[C@@H]3C)c21. The first-order valence-electron chi connectivity index (χ1n) is 10.6. The number of nitrogens with two attached hydrogens (primary N) is 1. The molecule has 1 unspecified atom stereocenters. The lowest BCUT2D eigenvalue weighted by atomic mass is 10.0. The van der Waals surface area contributed by atoms with Gasteiger partial charge >= 0.3 is 0 Å². The molecule has 0 radical (unpaired) electrons. The van der Waals surface area contributed by atoms with Gasteiger partial charge in [-0.05, 0) is 49.8 Å². The Bertz CT molecular complexity index is 913. The Labute approximate surface area is 181 Å². The third-order valence-corrected chi connectivity index (χ3v) is 6.70. The molecule has 1 fully saturated rings. The van der Waals surface area contributed by atoms with Crippen LogP contribution in [-0.4, -0.2) is 57.9 Å². The zero-order valence-corrected chi connectivity index (χ0v) is 18.2. The van der Waals surface area contributed by atoms with Gasteiger partial charge in [0.1, 0.15) is 24.2 Å². The standard InChI is InChI=1S/C22H29ClFN5O/c1-13-3-6-19-20(13)21(27-12-26-19)29-8-7-28(11-14(29)2)22(30)18(25)10-15-4-5-16(23)17(24)9-15/h4-5,9,12-14,18,22,30H,3,6-8,10-11,25H2,1-2H3/t13-,14+,18-,22?/m1/s1. The number of aromatic nitrogens is 2. The van der Waals surface area contributed by atoms with Crippen LogP contribution in [0.1, 0.15) is 43.0 Å². The van der Waals surface area contributed by atoms with Crippen LogP contribution in [0.2, 0.25) is 5.02 Å². The summed E-state index contributed by atoms with van der Waals surface area (Å²) in [6, 6.07) is 4.31. The van der Waals surface area contributed by atoms with Gasteiger partial charge < -0.3 is 15.7 Å². The molecule has 0 bridgehead atoms. The van der Waals surface area contributed by atoms with Gasteiger partial charge in [-0.1, -0.05) is 24.6 Å². The highest BCUT2D eigenvalue weighted by Crippen LogP contribution is 2.38. The Balaban J connectivity index is 1.42. The van der Waals surface area contributed by atoms with Gasteiger partial charge in [0.15, 0.2) is 0 Å². The van der Waals surface area contributed by atoms with E-state index in [4.69, 9.17) is 17.3 Å². The van der Waals surface area contributed by atoms with Crippen LogP contribution in [0.25, 0.3) is 0 Å². The Morgan fingerprint density at radius 1 is 1.30 bits per heavy atom. The maximum absolute atomic E-state index is 13.7. The van der Waals surface area contributed by atoms with E-state index in [0.29, 0.717) is 25.4 Å². The van der Waals surface area contributed by atoms with Crippen LogP contribution in [0.5, 0.6) is 0 Å². The highest BCUT2D eigenvalue weighted by molar-refractivity contribution is 6.30. The van der Waals surface area contributed by atoms with E-state index in [0.717, 1.165) is 30.8 Å². The fraction of sp³-hybridized carbons (Fsp3) is 0.545. The van der Waals surface area contributed by atoms with Crippen LogP contribution in [0.15, 0.2) is 24.5 Å². The molecule has 1 aliphatic heterocycles. The first-order valence-corrected chi connectivity index (χ1v) is 10.9. The zero-order valence-electron chi connectivity index (χ0n) is 17.4. The van der Waals surface area contributed by atoms with Crippen LogP contribution < -0.4 is 10.6 Å². The maximum atomic E-state index is 13.7. The van der Waals surface area contributed by atoms with Gasteiger partial charge in [-0.25, -0.2) is 14.4 Å². The monoisotopic (exact) mass is 433 g/mol. The van der Waals surface area contributed by atoms with E-state index in [1.54, 1.807) is 12.4 Å². The van der Waals surface area contributed by atoms with Gasteiger partial charge in [-0.3, -0.25) is 4.90 Å². The number of aliphatic hydroxyl groups is 1. The van der Waals surface area contributed by atoms with Crippen LogP contribution in [0.4, 0.5) is 10.2 Å². The molecule has 2 aromatic rings. The minimum Gasteiger partial charge on any atom is -0.377 e. The van der Waals surface area contributed by atoms with Crippen molar-refractivity contribution in [2.75, 3.05) is 24.5 Å². The van der Waals surface area contributed by atoms with Crippen molar-refractivity contribution in [2.24, 2.45) is 5.73 Å². The summed E-state index contributed by atoms with van der Waals surface area (Å²) < 4.78 is 13.7. The number of anilines is 1. The second kappa shape index (κ2) is 8.75. The second-order valence-corrected chi connectivity index (χ2v) is 8.97. The molecule has 2 aliphatic rings. The summed E-state index contributed by atoms with van der Waals surface area (Å²) in [7, 11) is 0. The Morgan fingerprint density at radius 3 is 2.83 bits per heavy atom. The topological polar surface area (TPSA) is 78.5 Å². The molecular formula is C22H29ClFN5O. The zero-order chi connectivity index (χ0) is 21.4. The molecule has 3 N–H and O–H groups in total. The van der Waals surface area contributed by atoms with E-state index in [9.17, 15) is 9.50 Å². The van der Waals surface area contributed by atoms with E-state index < -0.39 is 18.1 Å². The van der Waals surface area contributed by atoms with Crippen LogP contribution in [-0.2, 0) is 12.8 Å². The molecule has 1 aromatic heterocycles. The minimum atomic E-state index is -0.802. The third-order valence-electron chi connectivity index (χ3n) is 6.40. The quantitative estimate of drug-likeness (QED) is 0.754. The lowest BCUT2D eigenvalue weighted by Crippen LogP contribution is -2.59. The summed E-state index contributed by atoms with van der Waals surface area (Å²) >= 11 is 5.75. The predicted molar refractivity (Wildman–Crippen MR) is 116 cm³/mol. The number of rotatable bonds is 5. The Morgan fingerprint density at radius 2 is 2.10 bits per heavy atom. The molecule has 1 aliphatic carbocycles. The fourth-order valence-electron chi connectivity index (χ4n) is 4.71.